The number of aliphatic imine (C=N–C) groups is 1. The molecule has 0 saturated carbocycles. The fraction of sp³-hybridized carbons (Fsp3) is 0.190. The predicted molar refractivity (Wildman–Crippen MR) is 129 cm³/mol. The summed E-state index contributed by atoms with van der Waals surface area (Å²) < 4.78 is 0.895. The Morgan fingerprint density at radius 1 is 0.935 bits per heavy atom. The van der Waals surface area contributed by atoms with Crippen LogP contribution in [0.5, 0.6) is 0 Å². The van der Waals surface area contributed by atoms with Crippen molar-refractivity contribution in [1.29, 1.82) is 0 Å². The summed E-state index contributed by atoms with van der Waals surface area (Å²) >= 11 is 1.51. The third-order valence-electron chi connectivity index (χ3n) is 4.94. The molecule has 0 saturated heterocycles. The van der Waals surface area contributed by atoms with Gasteiger partial charge in [0, 0.05) is 36.1 Å². The first kappa shape index (κ1) is 22.5. The van der Waals surface area contributed by atoms with E-state index in [9.17, 15) is 9.59 Å². The zero-order valence-electron chi connectivity index (χ0n) is 16.6. The fourth-order valence-electron chi connectivity index (χ4n) is 3.72. The van der Waals surface area contributed by atoms with Gasteiger partial charge in [-0.15, -0.1) is 23.7 Å². The summed E-state index contributed by atoms with van der Waals surface area (Å²) in [4.78, 5) is 31.0. The number of carbonyl (C=O) groups excluding carboxylic acids is 2. The van der Waals surface area contributed by atoms with Crippen molar-refractivity contribution >= 4 is 62.7 Å². The van der Waals surface area contributed by atoms with Gasteiger partial charge in [0.25, 0.3) is 0 Å². The number of ketones is 2. The summed E-state index contributed by atoms with van der Waals surface area (Å²) in [5, 5.41) is 9.36. The fourth-order valence-corrected chi connectivity index (χ4v) is 4.65. The highest BCUT2D eigenvalue weighted by Gasteiger charge is 2.35. The van der Waals surface area contributed by atoms with Crippen molar-refractivity contribution in [2.24, 2.45) is 22.2 Å². The molecule has 0 spiro atoms. The molecule has 0 fully saturated rings. The van der Waals surface area contributed by atoms with E-state index in [2.05, 4.69) is 15.6 Å². The molecule has 1 heterocycles. The lowest BCUT2D eigenvalue weighted by Gasteiger charge is -2.25. The van der Waals surface area contributed by atoms with E-state index in [0.29, 0.717) is 59.8 Å². The van der Waals surface area contributed by atoms with Crippen LogP contribution in [0.15, 0.2) is 40.7 Å². The van der Waals surface area contributed by atoms with Gasteiger partial charge in [-0.1, -0.05) is 24.3 Å². The number of nitrogens with one attached hydrogen (secondary N) is 2. The van der Waals surface area contributed by atoms with Crippen LogP contribution in [0.3, 0.4) is 0 Å². The average molecular weight is 459 g/mol. The number of hydrogen-bond acceptors (Lipinski definition) is 7. The normalized spacial score (nSPS) is 12.0. The number of nitrogens with two attached hydrogens (primary N) is 3. The Kier molecular flexibility index (Phi) is 6.79. The molecule has 0 unspecified atom stereocenters. The molecule has 0 atom stereocenters. The van der Waals surface area contributed by atoms with Gasteiger partial charge >= 0.3 is 0 Å². The molecule has 0 aliphatic heterocycles. The van der Waals surface area contributed by atoms with Gasteiger partial charge in [-0.2, -0.15) is 0 Å². The van der Waals surface area contributed by atoms with Crippen LogP contribution in [-0.4, -0.2) is 43.7 Å². The Morgan fingerprint density at radius 2 is 1.55 bits per heavy atom. The quantitative estimate of drug-likeness (QED) is 0.123. The van der Waals surface area contributed by atoms with E-state index >= 15 is 0 Å². The zero-order chi connectivity index (χ0) is 21.3. The predicted octanol–water partition coefficient (Wildman–Crippen LogP) is 2.15. The molecular formula is C21H23ClN6O2S. The number of halogens is 1. The van der Waals surface area contributed by atoms with Crippen LogP contribution in [-0.2, 0) is 0 Å². The first-order chi connectivity index (χ1) is 14.5. The molecule has 162 valence electrons. The van der Waals surface area contributed by atoms with Gasteiger partial charge in [-0.3, -0.25) is 14.6 Å². The lowest BCUT2D eigenvalue weighted by Crippen LogP contribution is -2.26. The smallest absolute Gasteiger partial charge is 0.196 e. The van der Waals surface area contributed by atoms with E-state index in [1.54, 1.807) is 24.3 Å². The molecule has 0 radical (unpaired) electrons. The minimum absolute atomic E-state index is 0. The Balaban J connectivity index is 0.00000272. The Bertz CT molecular complexity index is 1190. The molecule has 0 amide bonds. The number of thiophene rings is 1. The average Bonchev–Trinajstić information content (AvgIpc) is 3.23. The number of guanidine groups is 1. The third-order valence-corrected chi connectivity index (χ3v) is 5.87. The molecule has 3 aromatic rings. The second-order valence-electron chi connectivity index (χ2n) is 6.82. The Hall–Kier alpha value is -3.14. The molecule has 10 heteroatoms. The second-order valence-corrected chi connectivity index (χ2v) is 7.73. The van der Waals surface area contributed by atoms with Crippen LogP contribution in [0.1, 0.15) is 31.8 Å². The summed E-state index contributed by atoms with van der Waals surface area (Å²) in [6.07, 6.45) is 0. The van der Waals surface area contributed by atoms with E-state index in [4.69, 9.17) is 17.2 Å². The van der Waals surface area contributed by atoms with Crippen molar-refractivity contribution in [2.45, 2.75) is 0 Å². The highest BCUT2D eigenvalue weighted by Crippen LogP contribution is 2.45. The number of benzene rings is 2. The van der Waals surface area contributed by atoms with Gasteiger partial charge in [0.05, 0.1) is 33.7 Å². The molecule has 0 bridgehead atoms. The number of anilines is 2. The maximum absolute atomic E-state index is 13.5. The van der Waals surface area contributed by atoms with E-state index in [-0.39, 0.29) is 29.9 Å². The monoisotopic (exact) mass is 458 g/mol. The second kappa shape index (κ2) is 9.34. The van der Waals surface area contributed by atoms with Crippen LogP contribution < -0.4 is 27.8 Å². The van der Waals surface area contributed by atoms with E-state index in [1.165, 1.54) is 11.3 Å². The van der Waals surface area contributed by atoms with Crippen LogP contribution in [0.2, 0.25) is 0 Å². The Labute approximate surface area is 189 Å². The van der Waals surface area contributed by atoms with Gasteiger partial charge < -0.3 is 27.8 Å². The molecule has 31 heavy (non-hydrogen) atoms. The number of nitrogens with zero attached hydrogens (tertiary/aromatic N) is 1. The topological polar surface area (TPSA) is 149 Å². The van der Waals surface area contributed by atoms with Crippen LogP contribution >= 0.6 is 23.7 Å². The van der Waals surface area contributed by atoms with E-state index < -0.39 is 0 Å². The highest BCUT2D eigenvalue weighted by atomic mass is 35.5. The van der Waals surface area contributed by atoms with Crippen molar-refractivity contribution in [3.8, 4) is 0 Å². The maximum Gasteiger partial charge on any atom is 0.196 e. The van der Waals surface area contributed by atoms with Crippen molar-refractivity contribution in [1.82, 2.24) is 0 Å². The van der Waals surface area contributed by atoms with E-state index in [0.717, 1.165) is 10.1 Å². The number of hydrogen-bond donors (Lipinski definition) is 5. The number of rotatable bonds is 7. The van der Waals surface area contributed by atoms with Gasteiger partial charge in [0.1, 0.15) is 0 Å². The summed E-state index contributed by atoms with van der Waals surface area (Å²) in [6.45, 7) is 1.64. The molecule has 1 aliphatic carbocycles. The molecular weight excluding hydrogens is 436 g/mol. The molecule has 8 nitrogen and oxygen atoms in total. The largest absolute Gasteiger partial charge is 0.382 e. The van der Waals surface area contributed by atoms with Gasteiger partial charge in [-0.05, 0) is 11.4 Å². The van der Waals surface area contributed by atoms with Crippen molar-refractivity contribution in [2.75, 3.05) is 36.8 Å². The highest BCUT2D eigenvalue weighted by molar-refractivity contribution is 7.18. The maximum atomic E-state index is 13.5. The van der Waals surface area contributed by atoms with Crippen molar-refractivity contribution in [3.05, 3.63) is 58.0 Å². The summed E-state index contributed by atoms with van der Waals surface area (Å²) in [5.41, 5.74) is 19.3. The van der Waals surface area contributed by atoms with Gasteiger partial charge in [0.15, 0.2) is 17.5 Å². The third kappa shape index (κ3) is 3.95. The van der Waals surface area contributed by atoms with Gasteiger partial charge in [-0.25, -0.2) is 0 Å². The van der Waals surface area contributed by atoms with Crippen molar-refractivity contribution < 1.29 is 9.59 Å². The number of carbonyl (C=O) groups is 2. The SMILES string of the molecule is Cl.NCCNc1c2c(c(NCCN=C(N)N)c3ccsc13)C(=O)c1ccccc1C2=O. The van der Waals surface area contributed by atoms with Crippen LogP contribution in [0, 0.1) is 0 Å². The first-order valence-corrected chi connectivity index (χ1v) is 10.4. The minimum Gasteiger partial charge on any atom is -0.382 e. The van der Waals surface area contributed by atoms with Crippen molar-refractivity contribution in [3.63, 3.8) is 0 Å². The molecule has 1 aromatic heterocycles. The minimum atomic E-state index is -0.187. The van der Waals surface area contributed by atoms with Crippen LogP contribution in [0.25, 0.3) is 10.1 Å². The molecule has 1 aliphatic rings. The lowest BCUT2D eigenvalue weighted by molar-refractivity contribution is 0.0980. The zero-order valence-corrected chi connectivity index (χ0v) is 18.2. The molecule has 8 N–H and O–H groups in total. The Morgan fingerprint density at radius 3 is 2.16 bits per heavy atom. The van der Waals surface area contributed by atoms with E-state index in [1.807, 2.05) is 11.4 Å². The summed E-state index contributed by atoms with van der Waals surface area (Å²) in [5.74, 6) is -0.364. The molecule has 2 aromatic carbocycles. The lowest BCUT2D eigenvalue weighted by atomic mass is 9.81. The number of fused-ring (bicyclic) bond motifs is 3. The standard InChI is InChI=1S/C21H22N6O2S.ClH/c22-6-7-25-17-15-14(18(28)11-3-1-2-4-12(11)19(15)29)16(13-5-10-30-20(13)17)26-8-9-27-21(23)24;/h1-5,10,25-26H,6-9,22H2,(H4,23,24,27);1H. The summed E-state index contributed by atoms with van der Waals surface area (Å²) in [6, 6.07) is 8.84. The van der Waals surface area contributed by atoms with Crippen LogP contribution in [0.4, 0.5) is 11.4 Å². The summed E-state index contributed by atoms with van der Waals surface area (Å²) in [7, 11) is 0. The molecule has 4 rings (SSSR count). The van der Waals surface area contributed by atoms with Gasteiger partial charge in [0.2, 0.25) is 0 Å². The first-order valence-electron chi connectivity index (χ1n) is 9.53.